The normalized spacial score (nSPS) is 11.0. The van der Waals surface area contributed by atoms with Crippen LogP contribution in [0.2, 0.25) is 0 Å². The fraction of sp³-hybridized carbons (Fsp3) is 0.250. The molecule has 0 fully saturated rings. The van der Waals surface area contributed by atoms with E-state index < -0.39 is 6.09 Å². The molecular weight excluding hydrogens is 432 g/mol. The van der Waals surface area contributed by atoms with E-state index in [0.29, 0.717) is 29.5 Å². The van der Waals surface area contributed by atoms with E-state index in [-0.39, 0.29) is 6.54 Å². The number of hydrogen-bond acceptors (Lipinski definition) is 8. The minimum absolute atomic E-state index is 0.205. The van der Waals surface area contributed by atoms with Crippen LogP contribution in [0.4, 0.5) is 4.79 Å². The highest BCUT2D eigenvalue weighted by atomic mass is 16.6. The van der Waals surface area contributed by atoms with Gasteiger partial charge < -0.3 is 15.0 Å². The molecule has 10 nitrogen and oxygen atoms in total. The van der Waals surface area contributed by atoms with Crippen LogP contribution in [0.5, 0.6) is 5.75 Å². The van der Waals surface area contributed by atoms with Crippen LogP contribution in [0.15, 0.2) is 54.9 Å². The monoisotopic (exact) mass is 458 g/mol. The smallest absolute Gasteiger partial charge is 0.410 e. The van der Waals surface area contributed by atoms with Crippen molar-refractivity contribution in [3.8, 4) is 22.6 Å². The van der Waals surface area contributed by atoms with Crippen molar-refractivity contribution in [2.45, 2.75) is 26.9 Å². The Bertz CT molecular complexity index is 1270. The second kappa shape index (κ2) is 10.2. The summed E-state index contributed by atoms with van der Waals surface area (Å²) in [4.78, 5) is 22.9. The second-order valence-corrected chi connectivity index (χ2v) is 8.22. The number of benzene rings is 2. The first-order valence-corrected chi connectivity index (χ1v) is 10.7. The van der Waals surface area contributed by atoms with E-state index in [1.807, 2.05) is 69.2 Å². The van der Waals surface area contributed by atoms with Crippen molar-refractivity contribution in [1.82, 2.24) is 40.4 Å². The molecule has 2 aromatic heterocycles. The third-order valence-corrected chi connectivity index (χ3v) is 4.97. The predicted molar refractivity (Wildman–Crippen MR) is 126 cm³/mol. The van der Waals surface area contributed by atoms with Gasteiger partial charge in [0, 0.05) is 12.3 Å². The number of carbonyl (C=O) groups excluding carboxylic acids is 1. The van der Waals surface area contributed by atoms with Crippen molar-refractivity contribution in [2.24, 2.45) is 0 Å². The first-order chi connectivity index (χ1) is 16.4. The first kappa shape index (κ1) is 23.0. The lowest BCUT2D eigenvalue weighted by molar-refractivity contribution is 0.200. The van der Waals surface area contributed by atoms with E-state index >= 15 is 0 Å². The number of aromatic nitrogens is 6. The van der Waals surface area contributed by atoms with Gasteiger partial charge in [-0.1, -0.05) is 29.8 Å². The van der Waals surface area contributed by atoms with E-state index in [9.17, 15) is 4.79 Å². The van der Waals surface area contributed by atoms with Crippen LogP contribution in [-0.2, 0) is 13.1 Å². The lowest BCUT2D eigenvalue weighted by Crippen LogP contribution is -2.26. The van der Waals surface area contributed by atoms with Crippen LogP contribution < -0.4 is 10.1 Å². The summed E-state index contributed by atoms with van der Waals surface area (Å²) >= 11 is 0. The quantitative estimate of drug-likeness (QED) is 0.450. The molecular formula is C24H26N8O2. The molecule has 10 heteroatoms. The van der Waals surface area contributed by atoms with E-state index in [0.717, 1.165) is 22.4 Å². The SMILES string of the molecule is Cc1ccc(-c2cc(OC(=O)NCc3cnc(C)cn3)cc(-n3nnnc3CN(C)C)c2)cc1. The maximum absolute atomic E-state index is 12.5. The lowest BCUT2D eigenvalue weighted by Gasteiger charge is -2.13. The van der Waals surface area contributed by atoms with Crippen LogP contribution in [-0.4, -0.2) is 55.3 Å². The van der Waals surface area contributed by atoms with Crippen molar-refractivity contribution in [3.63, 3.8) is 0 Å². The maximum Gasteiger partial charge on any atom is 0.412 e. The van der Waals surface area contributed by atoms with E-state index in [1.54, 1.807) is 23.1 Å². The van der Waals surface area contributed by atoms with Gasteiger partial charge in [-0.2, -0.15) is 4.68 Å². The van der Waals surface area contributed by atoms with Gasteiger partial charge in [0.05, 0.1) is 36.4 Å². The third kappa shape index (κ3) is 5.78. The average molecular weight is 459 g/mol. The molecule has 0 aliphatic heterocycles. The van der Waals surface area contributed by atoms with Gasteiger partial charge in [-0.25, -0.2) is 4.79 Å². The van der Waals surface area contributed by atoms with Crippen molar-refractivity contribution in [1.29, 1.82) is 0 Å². The van der Waals surface area contributed by atoms with Gasteiger partial charge in [0.15, 0.2) is 5.82 Å². The van der Waals surface area contributed by atoms with Gasteiger partial charge in [-0.3, -0.25) is 9.97 Å². The second-order valence-electron chi connectivity index (χ2n) is 8.22. The summed E-state index contributed by atoms with van der Waals surface area (Å²) in [6, 6.07) is 13.6. The van der Waals surface area contributed by atoms with Crippen LogP contribution in [0.1, 0.15) is 22.8 Å². The Morgan fingerprint density at radius 1 is 1.03 bits per heavy atom. The van der Waals surface area contributed by atoms with Gasteiger partial charge in [0.1, 0.15) is 5.75 Å². The summed E-state index contributed by atoms with van der Waals surface area (Å²) in [5.41, 5.74) is 5.14. The number of nitrogens with one attached hydrogen (secondary N) is 1. The summed E-state index contributed by atoms with van der Waals surface area (Å²) in [6.07, 6.45) is 2.67. The Balaban J connectivity index is 1.62. The highest BCUT2D eigenvalue weighted by Gasteiger charge is 2.14. The Labute approximate surface area is 197 Å². The largest absolute Gasteiger partial charge is 0.412 e. The zero-order valence-corrected chi connectivity index (χ0v) is 19.6. The molecule has 0 radical (unpaired) electrons. The van der Waals surface area contributed by atoms with Crippen LogP contribution in [0.3, 0.4) is 0 Å². The standard InChI is InChI=1S/C24H26N8O2/c1-16-5-7-18(8-6-16)19-9-21(32-23(15-31(3)4)28-29-30-32)11-22(10-19)34-24(33)27-14-20-13-25-17(2)12-26-20/h5-13H,14-15H2,1-4H3,(H,27,33). The van der Waals surface area contributed by atoms with E-state index in [4.69, 9.17) is 4.74 Å². The van der Waals surface area contributed by atoms with Gasteiger partial charge in [0.2, 0.25) is 0 Å². The minimum Gasteiger partial charge on any atom is -0.410 e. The number of nitrogens with zero attached hydrogens (tertiary/aromatic N) is 7. The first-order valence-electron chi connectivity index (χ1n) is 10.7. The average Bonchev–Trinajstić information content (AvgIpc) is 3.26. The molecule has 2 heterocycles. The summed E-state index contributed by atoms with van der Waals surface area (Å²) < 4.78 is 7.26. The molecule has 0 aliphatic carbocycles. The van der Waals surface area contributed by atoms with Gasteiger partial charge >= 0.3 is 6.09 Å². The van der Waals surface area contributed by atoms with Crippen LogP contribution >= 0.6 is 0 Å². The molecule has 0 saturated carbocycles. The number of rotatable bonds is 7. The fourth-order valence-corrected chi connectivity index (χ4v) is 3.28. The summed E-state index contributed by atoms with van der Waals surface area (Å²) in [7, 11) is 3.89. The molecule has 0 atom stereocenters. The number of ether oxygens (including phenoxy) is 1. The Hall–Kier alpha value is -4.18. The molecule has 0 saturated heterocycles. The number of hydrogen-bond donors (Lipinski definition) is 1. The third-order valence-electron chi connectivity index (χ3n) is 4.97. The zero-order valence-electron chi connectivity index (χ0n) is 19.6. The highest BCUT2D eigenvalue weighted by molar-refractivity contribution is 5.73. The maximum atomic E-state index is 12.5. The van der Waals surface area contributed by atoms with Gasteiger partial charge in [-0.05, 0) is 61.6 Å². The topological polar surface area (TPSA) is 111 Å². The van der Waals surface area contributed by atoms with Crippen molar-refractivity contribution in [3.05, 3.63) is 77.6 Å². The number of carbonyl (C=O) groups is 1. The lowest BCUT2D eigenvalue weighted by atomic mass is 10.0. The molecule has 1 N–H and O–H groups in total. The molecule has 4 aromatic rings. The Kier molecular flexibility index (Phi) is 6.88. The molecule has 4 rings (SSSR count). The van der Waals surface area contributed by atoms with E-state index in [1.165, 1.54) is 0 Å². The van der Waals surface area contributed by atoms with Crippen molar-refractivity contribution in [2.75, 3.05) is 14.1 Å². The molecule has 1 amide bonds. The van der Waals surface area contributed by atoms with Gasteiger partial charge in [0.25, 0.3) is 0 Å². The number of aryl methyl sites for hydroxylation is 2. The fourth-order valence-electron chi connectivity index (χ4n) is 3.28. The van der Waals surface area contributed by atoms with Gasteiger partial charge in [-0.15, -0.1) is 5.10 Å². The molecule has 34 heavy (non-hydrogen) atoms. The molecule has 0 unspecified atom stereocenters. The summed E-state index contributed by atoms with van der Waals surface area (Å²) in [6.45, 7) is 4.64. The van der Waals surface area contributed by atoms with Crippen molar-refractivity contribution < 1.29 is 9.53 Å². The predicted octanol–water partition coefficient (Wildman–Crippen LogP) is 3.09. The molecule has 2 aromatic carbocycles. The van der Waals surface area contributed by atoms with Crippen LogP contribution in [0, 0.1) is 13.8 Å². The van der Waals surface area contributed by atoms with Crippen LogP contribution in [0.25, 0.3) is 16.8 Å². The summed E-state index contributed by atoms with van der Waals surface area (Å²) in [5, 5.41) is 14.8. The molecule has 174 valence electrons. The number of amides is 1. The molecule has 0 spiro atoms. The zero-order chi connectivity index (χ0) is 24.1. The highest BCUT2D eigenvalue weighted by Crippen LogP contribution is 2.28. The molecule has 0 aliphatic rings. The summed E-state index contributed by atoms with van der Waals surface area (Å²) in [5.74, 6) is 1.03. The minimum atomic E-state index is -0.598. The molecule has 0 bridgehead atoms. The van der Waals surface area contributed by atoms with E-state index in [2.05, 4.69) is 30.8 Å². The van der Waals surface area contributed by atoms with Crippen molar-refractivity contribution >= 4 is 6.09 Å². The Morgan fingerprint density at radius 2 is 1.82 bits per heavy atom. The number of tetrazole rings is 1. The Morgan fingerprint density at radius 3 is 2.53 bits per heavy atom.